The predicted octanol–water partition coefficient (Wildman–Crippen LogP) is 18.3. The van der Waals surface area contributed by atoms with E-state index in [4.69, 9.17) is 0 Å². The molecule has 13 aromatic rings. The second-order valence-electron chi connectivity index (χ2n) is 18.4. The molecule has 0 atom stereocenters. The molecule has 0 saturated carbocycles. The number of fused-ring (bicyclic) bond motifs is 9. The molecule has 0 spiro atoms. The third kappa shape index (κ3) is 6.12. The Bertz CT molecular complexity index is 4020. The van der Waals surface area contributed by atoms with Crippen molar-refractivity contribution in [3.63, 3.8) is 0 Å². The van der Waals surface area contributed by atoms with E-state index < -0.39 is 5.41 Å². The predicted molar refractivity (Wildman–Crippen MR) is 297 cm³/mol. The van der Waals surface area contributed by atoms with Crippen LogP contribution in [-0.2, 0) is 5.41 Å². The number of thiophene rings is 1. The number of para-hydroxylation sites is 2. The number of benzene rings is 11. The molecule has 11 aromatic carbocycles. The maximum absolute atomic E-state index is 2.48. The number of rotatable bonds is 8. The van der Waals surface area contributed by atoms with E-state index in [-0.39, 0.29) is 0 Å². The van der Waals surface area contributed by atoms with Crippen LogP contribution in [0.4, 0.5) is 17.1 Å². The smallest absolute Gasteiger partial charge is 0.0714 e. The van der Waals surface area contributed by atoms with E-state index in [0.29, 0.717) is 0 Å². The Labute approximate surface area is 411 Å². The van der Waals surface area contributed by atoms with E-state index in [9.17, 15) is 0 Å². The molecule has 0 radical (unpaired) electrons. The number of nitrogens with zero attached hydrogens (tertiary/aromatic N) is 2. The zero-order valence-corrected chi connectivity index (χ0v) is 39.0. The van der Waals surface area contributed by atoms with E-state index in [1.807, 2.05) is 11.3 Å². The molecule has 70 heavy (non-hydrogen) atoms. The zero-order chi connectivity index (χ0) is 46.2. The first-order chi connectivity index (χ1) is 34.7. The van der Waals surface area contributed by atoms with Crippen molar-refractivity contribution < 1.29 is 0 Å². The molecule has 1 aliphatic rings. The Hall–Kier alpha value is -8.76. The van der Waals surface area contributed by atoms with E-state index in [1.165, 1.54) is 97.6 Å². The summed E-state index contributed by atoms with van der Waals surface area (Å²) in [6, 6.07) is 98.5. The Balaban J connectivity index is 0.945. The van der Waals surface area contributed by atoms with Gasteiger partial charge in [-0.2, -0.15) is 0 Å². The van der Waals surface area contributed by atoms with Crippen LogP contribution in [0.1, 0.15) is 22.3 Å². The van der Waals surface area contributed by atoms with E-state index in [2.05, 4.69) is 276 Å². The Morgan fingerprint density at radius 1 is 0.357 bits per heavy atom. The normalized spacial score (nSPS) is 12.7. The average Bonchev–Trinajstić information content (AvgIpc) is 4.09. The van der Waals surface area contributed by atoms with Gasteiger partial charge in [0.1, 0.15) is 0 Å². The Kier molecular flexibility index (Phi) is 9.33. The number of hydrogen-bond acceptors (Lipinski definition) is 2. The number of anilines is 3. The van der Waals surface area contributed by atoms with Crippen molar-refractivity contribution >= 4 is 70.4 Å². The minimum absolute atomic E-state index is 0.528. The molecule has 0 amide bonds. The summed E-state index contributed by atoms with van der Waals surface area (Å²) in [6.07, 6.45) is 0. The van der Waals surface area contributed by atoms with Crippen LogP contribution in [0, 0.1) is 0 Å². The number of aromatic nitrogens is 1. The van der Waals surface area contributed by atoms with Gasteiger partial charge in [-0.05, 0) is 105 Å². The lowest BCUT2D eigenvalue weighted by atomic mass is 9.68. The maximum atomic E-state index is 2.48. The summed E-state index contributed by atoms with van der Waals surface area (Å²) in [6.45, 7) is 0. The van der Waals surface area contributed by atoms with Gasteiger partial charge in [0.15, 0.2) is 0 Å². The van der Waals surface area contributed by atoms with Gasteiger partial charge < -0.3 is 9.47 Å². The molecular formula is C67H44N2S. The lowest BCUT2D eigenvalue weighted by Crippen LogP contribution is -2.28. The molecule has 2 aromatic heterocycles. The van der Waals surface area contributed by atoms with Crippen LogP contribution in [-0.4, -0.2) is 4.57 Å². The Morgan fingerprint density at radius 3 is 1.60 bits per heavy atom. The van der Waals surface area contributed by atoms with Gasteiger partial charge in [0, 0.05) is 53.6 Å². The van der Waals surface area contributed by atoms with Gasteiger partial charge in [0.25, 0.3) is 0 Å². The van der Waals surface area contributed by atoms with Crippen molar-refractivity contribution in [2.45, 2.75) is 5.41 Å². The lowest BCUT2D eigenvalue weighted by molar-refractivity contribution is 0.768. The fourth-order valence-electron chi connectivity index (χ4n) is 11.7. The third-order valence-corrected chi connectivity index (χ3v) is 15.9. The standard InChI is InChI=1S/C67H44N2S/c1-3-18-48(19-4-1)67(49-20-5-2-6-21-49)59-30-11-7-27-58(59)65-60(67)31-17-34-63(65)68(51-22-15-23-52(44-51)69-61-32-12-8-24-54(61)55-25-9-13-33-62(55)69)50-42-40-46(41-43-50)45-36-38-47(39-37-45)53-28-16-29-57-56-26-10-14-35-64(56)70-66(53)57/h1-44H. The molecule has 1 aliphatic carbocycles. The van der Waals surface area contributed by atoms with Crippen molar-refractivity contribution in [2.24, 2.45) is 0 Å². The fraction of sp³-hybridized carbons (Fsp3) is 0.0149. The van der Waals surface area contributed by atoms with Crippen molar-refractivity contribution in [1.29, 1.82) is 0 Å². The van der Waals surface area contributed by atoms with Crippen LogP contribution in [0.15, 0.2) is 267 Å². The van der Waals surface area contributed by atoms with Gasteiger partial charge in [-0.1, -0.05) is 212 Å². The van der Waals surface area contributed by atoms with Gasteiger partial charge in [-0.25, -0.2) is 0 Å². The summed E-state index contributed by atoms with van der Waals surface area (Å²) >= 11 is 1.88. The molecule has 328 valence electrons. The van der Waals surface area contributed by atoms with E-state index in [1.54, 1.807) is 0 Å². The highest BCUT2D eigenvalue weighted by atomic mass is 32.1. The molecule has 0 fully saturated rings. The van der Waals surface area contributed by atoms with Crippen LogP contribution in [0.25, 0.3) is 81.0 Å². The van der Waals surface area contributed by atoms with Crippen molar-refractivity contribution in [1.82, 2.24) is 4.57 Å². The SMILES string of the molecule is c1ccc(C2(c3ccccc3)c3ccccc3-c3c(N(c4ccc(-c5ccc(-c6cccc7c6sc6ccccc67)cc5)cc4)c4cccc(-n5c6ccccc6c6ccccc65)c4)cccc32)cc1. The first kappa shape index (κ1) is 40.3. The second-order valence-corrected chi connectivity index (χ2v) is 19.4. The molecule has 2 heterocycles. The van der Waals surface area contributed by atoms with E-state index >= 15 is 0 Å². The van der Waals surface area contributed by atoms with Gasteiger partial charge in [-0.15, -0.1) is 11.3 Å². The highest BCUT2D eigenvalue weighted by Crippen LogP contribution is 2.59. The van der Waals surface area contributed by atoms with Gasteiger partial charge >= 0.3 is 0 Å². The van der Waals surface area contributed by atoms with Crippen molar-refractivity contribution in [3.8, 4) is 39.1 Å². The molecular weight excluding hydrogens is 865 g/mol. The van der Waals surface area contributed by atoms with Crippen LogP contribution in [0.5, 0.6) is 0 Å². The molecule has 3 heteroatoms. The average molecular weight is 909 g/mol. The summed E-state index contributed by atoms with van der Waals surface area (Å²) in [5.41, 5.74) is 18.7. The molecule has 0 unspecified atom stereocenters. The van der Waals surface area contributed by atoms with Crippen LogP contribution in [0.3, 0.4) is 0 Å². The summed E-state index contributed by atoms with van der Waals surface area (Å²) in [7, 11) is 0. The summed E-state index contributed by atoms with van der Waals surface area (Å²) < 4.78 is 5.08. The van der Waals surface area contributed by atoms with Crippen molar-refractivity contribution in [3.05, 3.63) is 289 Å². The topological polar surface area (TPSA) is 8.17 Å². The zero-order valence-electron chi connectivity index (χ0n) is 38.2. The third-order valence-electron chi connectivity index (χ3n) is 14.7. The second kappa shape index (κ2) is 16.2. The highest BCUT2D eigenvalue weighted by molar-refractivity contribution is 7.26. The maximum Gasteiger partial charge on any atom is 0.0714 e. The molecule has 0 N–H and O–H groups in total. The van der Waals surface area contributed by atoms with Gasteiger partial charge in [-0.3, -0.25) is 0 Å². The number of hydrogen-bond donors (Lipinski definition) is 0. The summed E-state index contributed by atoms with van der Waals surface area (Å²) in [5, 5.41) is 5.14. The summed E-state index contributed by atoms with van der Waals surface area (Å²) in [5.74, 6) is 0. The lowest BCUT2D eigenvalue weighted by Gasteiger charge is -2.34. The van der Waals surface area contributed by atoms with E-state index in [0.717, 1.165) is 22.7 Å². The monoisotopic (exact) mass is 908 g/mol. The molecule has 0 bridgehead atoms. The largest absolute Gasteiger partial charge is 0.310 e. The molecule has 0 aliphatic heterocycles. The van der Waals surface area contributed by atoms with Crippen LogP contribution in [0.2, 0.25) is 0 Å². The van der Waals surface area contributed by atoms with Crippen LogP contribution < -0.4 is 4.90 Å². The summed E-state index contributed by atoms with van der Waals surface area (Å²) in [4.78, 5) is 2.48. The fourth-order valence-corrected chi connectivity index (χ4v) is 12.9. The quantitative estimate of drug-likeness (QED) is 0.147. The molecule has 0 saturated heterocycles. The van der Waals surface area contributed by atoms with Gasteiger partial charge in [0.2, 0.25) is 0 Å². The first-order valence-electron chi connectivity index (χ1n) is 24.1. The highest BCUT2D eigenvalue weighted by Gasteiger charge is 2.47. The molecule has 14 rings (SSSR count). The minimum atomic E-state index is -0.528. The van der Waals surface area contributed by atoms with Gasteiger partial charge in [0.05, 0.1) is 22.1 Å². The first-order valence-corrected chi connectivity index (χ1v) is 24.9. The van der Waals surface area contributed by atoms with Crippen LogP contribution >= 0.6 is 11.3 Å². The molecule has 2 nitrogen and oxygen atoms in total. The Morgan fingerprint density at radius 2 is 0.886 bits per heavy atom. The van der Waals surface area contributed by atoms with Crippen molar-refractivity contribution in [2.75, 3.05) is 4.90 Å². The minimum Gasteiger partial charge on any atom is -0.310 e.